The smallest absolute Gasteiger partial charge is 0.0702 e. The lowest BCUT2D eigenvalue weighted by molar-refractivity contribution is 0.822. The molecule has 0 amide bonds. The molecular formula is C15H15BrN2S. The molecule has 0 spiro atoms. The van der Waals surface area contributed by atoms with Crippen LogP contribution in [0.5, 0.6) is 0 Å². The van der Waals surface area contributed by atoms with Crippen molar-refractivity contribution in [3.05, 3.63) is 56.8 Å². The Morgan fingerprint density at radius 2 is 2.11 bits per heavy atom. The average Bonchev–Trinajstić information content (AvgIpc) is 2.99. The number of hydrogen-bond acceptors (Lipinski definition) is 2. The van der Waals surface area contributed by atoms with Crippen molar-refractivity contribution in [3.63, 3.8) is 0 Å². The molecule has 2 nitrogen and oxygen atoms in total. The molecule has 0 atom stereocenters. The Kier molecular flexibility index (Phi) is 3.73. The molecule has 3 aromatic rings. The number of thiophene rings is 1. The predicted octanol–water partition coefficient (Wildman–Crippen LogP) is 4.23. The van der Waals surface area contributed by atoms with Gasteiger partial charge >= 0.3 is 0 Å². The number of benzene rings is 1. The van der Waals surface area contributed by atoms with E-state index >= 15 is 0 Å². The number of rotatable bonds is 4. The van der Waals surface area contributed by atoms with E-state index in [0.717, 1.165) is 13.1 Å². The fourth-order valence-corrected chi connectivity index (χ4v) is 3.86. The standard InChI is InChI=1S/C15H15BrN2S/c1-17-9-11-3-2-4-14-13(11)7-8-18(14)10-12-5-6-15(16)19-12/h2-8,17H,9-10H2,1H3. The maximum absolute atomic E-state index is 3.52. The van der Waals surface area contributed by atoms with E-state index in [9.17, 15) is 0 Å². The maximum atomic E-state index is 3.52. The van der Waals surface area contributed by atoms with Gasteiger partial charge in [-0.25, -0.2) is 0 Å². The Labute approximate surface area is 125 Å². The van der Waals surface area contributed by atoms with Crippen LogP contribution < -0.4 is 5.32 Å². The van der Waals surface area contributed by atoms with E-state index < -0.39 is 0 Å². The largest absolute Gasteiger partial charge is 0.342 e. The monoisotopic (exact) mass is 334 g/mol. The minimum absolute atomic E-state index is 0.909. The van der Waals surface area contributed by atoms with Gasteiger partial charge in [-0.3, -0.25) is 0 Å². The summed E-state index contributed by atoms with van der Waals surface area (Å²) in [5.74, 6) is 0. The minimum Gasteiger partial charge on any atom is -0.342 e. The van der Waals surface area contributed by atoms with Gasteiger partial charge in [0, 0.05) is 28.5 Å². The molecule has 0 aliphatic heterocycles. The molecule has 0 unspecified atom stereocenters. The van der Waals surface area contributed by atoms with Crippen molar-refractivity contribution >= 4 is 38.2 Å². The van der Waals surface area contributed by atoms with Crippen molar-refractivity contribution < 1.29 is 0 Å². The molecule has 0 saturated carbocycles. The van der Waals surface area contributed by atoms with Gasteiger partial charge in [-0.15, -0.1) is 11.3 Å². The van der Waals surface area contributed by atoms with Crippen molar-refractivity contribution in [2.75, 3.05) is 7.05 Å². The number of nitrogens with one attached hydrogen (secondary N) is 1. The number of hydrogen-bond donors (Lipinski definition) is 1. The Hall–Kier alpha value is -1.10. The summed E-state index contributed by atoms with van der Waals surface area (Å²) in [6.45, 7) is 1.84. The van der Waals surface area contributed by atoms with E-state index in [0.29, 0.717) is 0 Å². The van der Waals surface area contributed by atoms with Crippen LogP contribution in [0.25, 0.3) is 10.9 Å². The van der Waals surface area contributed by atoms with Gasteiger partial charge in [0.05, 0.1) is 10.3 Å². The third-order valence-electron chi connectivity index (χ3n) is 3.23. The molecule has 0 fully saturated rings. The molecule has 2 heterocycles. The highest BCUT2D eigenvalue weighted by Crippen LogP contribution is 2.25. The maximum Gasteiger partial charge on any atom is 0.0702 e. The van der Waals surface area contributed by atoms with Crippen LogP contribution in [-0.2, 0) is 13.1 Å². The summed E-state index contributed by atoms with van der Waals surface area (Å²) in [6.07, 6.45) is 2.18. The molecule has 0 aliphatic carbocycles. The summed E-state index contributed by atoms with van der Waals surface area (Å²) in [6, 6.07) is 13.0. The Morgan fingerprint density at radius 3 is 2.84 bits per heavy atom. The summed E-state index contributed by atoms with van der Waals surface area (Å²) in [4.78, 5) is 1.36. The van der Waals surface area contributed by atoms with E-state index in [1.165, 1.54) is 25.1 Å². The Morgan fingerprint density at radius 1 is 1.21 bits per heavy atom. The minimum atomic E-state index is 0.909. The molecule has 2 aromatic heterocycles. The van der Waals surface area contributed by atoms with E-state index in [1.807, 2.05) is 7.05 Å². The lowest BCUT2D eigenvalue weighted by atomic mass is 10.1. The summed E-state index contributed by atoms with van der Waals surface area (Å²) < 4.78 is 3.50. The first-order valence-corrected chi connectivity index (χ1v) is 7.84. The van der Waals surface area contributed by atoms with Crippen LogP contribution in [0.4, 0.5) is 0 Å². The highest BCUT2D eigenvalue weighted by molar-refractivity contribution is 9.11. The molecular weight excluding hydrogens is 320 g/mol. The van der Waals surface area contributed by atoms with Crippen LogP contribution >= 0.6 is 27.3 Å². The first kappa shape index (κ1) is 12.9. The lowest BCUT2D eigenvalue weighted by Crippen LogP contribution is -2.05. The van der Waals surface area contributed by atoms with Gasteiger partial charge in [0.2, 0.25) is 0 Å². The van der Waals surface area contributed by atoms with Crippen LogP contribution in [0.1, 0.15) is 10.4 Å². The third-order valence-corrected chi connectivity index (χ3v) is 4.83. The normalized spacial score (nSPS) is 11.3. The summed E-state index contributed by atoms with van der Waals surface area (Å²) in [7, 11) is 1.99. The SMILES string of the molecule is CNCc1cccc2c1ccn2Cc1ccc(Br)s1. The van der Waals surface area contributed by atoms with Gasteiger partial charge in [-0.1, -0.05) is 12.1 Å². The molecule has 1 aromatic carbocycles. The molecule has 0 saturated heterocycles. The van der Waals surface area contributed by atoms with Crippen LogP contribution in [0.2, 0.25) is 0 Å². The molecule has 0 aliphatic rings. The summed E-state index contributed by atoms with van der Waals surface area (Å²) in [5, 5.41) is 4.57. The Balaban J connectivity index is 1.98. The van der Waals surface area contributed by atoms with E-state index in [4.69, 9.17) is 0 Å². The van der Waals surface area contributed by atoms with Gasteiger partial charge in [0.15, 0.2) is 0 Å². The second-order valence-electron chi connectivity index (χ2n) is 4.53. The van der Waals surface area contributed by atoms with E-state index in [1.54, 1.807) is 11.3 Å². The van der Waals surface area contributed by atoms with Gasteiger partial charge in [0.1, 0.15) is 0 Å². The molecule has 98 valence electrons. The van der Waals surface area contributed by atoms with Crippen molar-refractivity contribution in [3.8, 4) is 0 Å². The van der Waals surface area contributed by atoms with E-state index in [-0.39, 0.29) is 0 Å². The third kappa shape index (κ3) is 2.61. The zero-order valence-electron chi connectivity index (χ0n) is 10.7. The van der Waals surface area contributed by atoms with Crippen LogP contribution in [0.15, 0.2) is 46.4 Å². The molecule has 0 bridgehead atoms. The molecule has 1 N–H and O–H groups in total. The molecule has 3 rings (SSSR count). The second-order valence-corrected chi connectivity index (χ2v) is 7.08. The number of nitrogens with zero attached hydrogens (tertiary/aromatic N) is 1. The van der Waals surface area contributed by atoms with Crippen molar-refractivity contribution in [1.82, 2.24) is 9.88 Å². The summed E-state index contributed by atoms with van der Waals surface area (Å²) >= 11 is 5.31. The quantitative estimate of drug-likeness (QED) is 0.755. The zero-order chi connectivity index (χ0) is 13.2. The number of fused-ring (bicyclic) bond motifs is 1. The first-order valence-electron chi connectivity index (χ1n) is 6.23. The van der Waals surface area contributed by atoms with Gasteiger partial charge in [-0.05, 0) is 52.8 Å². The average molecular weight is 335 g/mol. The number of halogens is 1. The molecule has 4 heteroatoms. The first-order chi connectivity index (χ1) is 9.28. The zero-order valence-corrected chi connectivity index (χ0v) is 13.1. The second kappa shape index (κ2) is 5.49. The van der Waals surface area contributed by atoms with Crippen LogP contribution in [-0.4, -0.2) is 11.6 Å². The molecule has 0 radical (unpaired) electrons. The van der Waals surface area contributed by atoms with Crippen molar-refractivity contribution in [2.45, 2.75) is 13.1 Å². The van der Waals surface area contributed by atoms with Gasteiger partial charge < -0.3 is 9.88 Å². The highest BCUT2D eigenvalue weighted by Gasteiger charge is 2.06. The fraction of sp³-hybridized carbons (Fsp3) is 0.200. The predicted molar refractivity (Wildman–Crippen MR) is 85.8 cm³/mol. The van der Waals surface area contributed by atoms with Gasteiger partial charge in [0.25, 0.3) is 0 Å². The fourth-order valence-electron chi connectivity index (χ4n) is 2.37. The Bertz CT molecular complexity index is 699. The highest BCUT2D eigenvalue weighted by atomic mass is 79.9. The number of aromatic nitrogens is 1. The van der Waals surface area contributed by atoms with Crippen LogP contribution in [0.3, 0.4) is 0 Å². The van der Waals surface area contributed by atoms with Gasteiger partial charge in [-0.2, -0.15) is 0 Å². The lowest BCUT2D eigenvalue weighted by Gasteiger charge is -2.06. The molecule has 19 heavy (non-hydrogen) atoms. The van der Waals surface area contributed by atoms with Crippen molar-refractivity contribution in [1.29, 1.82) is 0 Å². The summed E-state index contributed by atoms with van der Waals surface area (Å²) in [5.41, 5.74) is 2.66. The van der Waals surface area contributed by atoms with Crippen molar-refractivity contribution in [2.24, 2.45) is 0 Å². The topological polar surface area (TPSA) is 17.0 Å². The van der Waals surface area contributed by atoms with Crippen LogP contribution in [0, 0.1) is 0 Å². The van der Waals surface area contributed by atoms with E-state index in [2.05, 4.69) is 68.4 Å².